The molecule has 0 fully saturated rings. The van der Waals surface area contributed by atoms with Gasteiger partial charge in [0.2, 0.25) is 0 Å². The molecule has 0 saturated heterocycles. The van der Waals surface area contributed by atoms with Crippen molar-refractivity contribution in [2.45, 2.75) is 18.4 Å². The van der Waals surface area contributed by atoms with Gasteiger partial charge in [0.25, 0.3) is 0 Å². The minimum absolute atomic E-state index is 1.06. The second-order valence-corrected chi connectivity index (χ2v) is 4.86. The molecule has 1 aromatic carbocycles. The Balaban J connectivity index is 2.06. The first-order valence-corrected chi connectivity index (χ1v) is 6.20. The second-order valence-electron chi connectivity index (χ2n) is 3.88. The summed E-state index contributed by atoms with van der Waals surface area (Å²) in [5, 5.41) is 4.60. The second kappa shape index (κ2) is 3.42. The first-order valence-electron chi connectivity index (χ1n) is 5.05. The van der Waals surface area contributed by atoms with E-state index in [0.717, 1.165) is 17.2 Å². The van der Waals surface area contributed by atoms with Gasteiger partial charge < -0.3 is 0 Å². The third kappa shape index (κ3) is 1.57. The van der Waals surface area contributed by atoms with Crippen molar-refractivity contribution in [2.24, 2.45) is 0 Å². The fourth-order valence-corrected chi connectivity index (χ4v) is 2.85. The Bertz CT molecular complexity index is 481. The van der Waals surface area contributed by atoms with Gasteiger partial charge in [-0.3, -0.25) is 0 Å². The average molecular weight is 216 g/mol. The van der Waals surface area contributed by atoms with Crippen LogP contribution in [0.4, 0.5) is 0 Å². The molecule has 1 aromatic heterocycles. The number of benzene rings is 1. The van der Waals surface area contributed by atoms with E-state index in [0.29, 0.717) is 0 Å². The smallest absolute Gasteiger partial charge is 0.0768 e. The number of hydrogen-bond acceptors (Lipinski definition) is 2. The standard InChI is InChI=1S/C12H12N2S/c1-9-3-2-4-11(5-9)14-6-10-7-15-8-12(10)13-14/h2-6H,7-8H2,1H3. The molecule has 3 rings (SSSR count). The van der Waals surface area contributed by atoms with Gasteiger partial charge >= 0.3 is 0 Å². The van der Waals surface area contributed by atoms with Gasteiger partial charge in [-0.25, -0.2) is 4.68 Å². The van der Waals surface area contributed by atoms with E-state index >= 15 is 0 Å². The number of thioether (sulfide) groups is 1. The van der Waals surface area contributed by atoms with E-state index in [2.05, 4.69) is 42.5 Å². The molecule has 15 heavy (non-hydrogen) atoms. The monoisotopic (exact) mass is 216 g/mol. The van der Waals surface area contributed by atoms with E-state index in [-0.39, 0.29) is 0 Å². The maximum absolute atomic E-state index is 4.60. The van der Waals surface area contributed by atoms with Crippen molar-refractivity contribution in [2.75, 3.05) is 0 Å². The zero-order valence-electron chi connectivity index (χ0n) is 8.60. The van der Waals surface area contributed by atoms with Gasteiger partial charge in [0.1, 0.15) is 0 Å². The molecule has 3 heteroatoms. The van der Waals surface area contributed by atoms with Crippen LogP contribution in [0.15, 0.2) is 30.5 Å². The number of nitrogens with zero attached hydrogens (tertiary/aromatic N) is 2. The summed E-state index contributed by atoms with van der Waals surface area (Å²) in [7, 11) is 0. The quantitative estimate of drug-likeness (QED) is 0.729. The summed E-state index contributed by atoms with van der Waals surface area (Å²) < 4.78 is 2.00. The lowest BCUT2D eigenvalue weighted by atomic mass is 10.2. The van der Waals surface area contributed by atoms with E-state index in [1.165, 1.54) is 16.8 Å². The van der Waals surface area contributed by atoms with E-state index in [1.807, 2.05) is 16.4 Å². The highest BCUT2D eigenvalue weighted by atomic mass is 32.2. The van der Waals surface area contributed by atoms with Gasteiger partial charge in [0.15, 0.2) is 0 Å². The summed E-state index contributed by atoms with van der Waals surface area (Å²) in [5.74, 6) is 2.18. The molecular weight excluding hydrogens is 204 g/mol. The Morgan fingerprint density at radius 3 is 3.07 bits per heavy atom. The zero-order valence-corrected chi connectivity index (χ0v) is 9.42. The predicted molar refractivity (Wildman–Crippen MR) is 63.3 cm³/mol. The molecule has 0 spiro atoms. The topological polar surface area (TPSA) is 17.8 Å². The highest BCUT2D eigenvalue weighted by Gasteiger charge is 2.15. The molecule has 1 aliphatic rings. The Hall–Kier alpha value is -1.22. The highest BCUT2D eigenvalue weighted by molar-refractivity contribution is 7.98. The van der Waals surface area contributed by atoms with Crippen molar-refractivity contribution < 1.29 is 0 Å². The van der Waals surface area contributed by atoms with Gasteiger partial charge in [0.05, 0.1) is 11.4 Å². The van der Waals surface area contributed by atoms with Gasteiger partial charge in [-0.15, -0.1) is 0 Å². The van der Waals surface area contributed by atoms with Crippen molar-refractivity contribution in [1.82, 2.24) is 9.78 Å². The van der Waals surface area contributed by atoms with Crippen LogP contribution in [-0.4, -0.2) is 9.78 Å². The molecule has 0 radical (unpaired) electrons. The van der Waals surface area contributed by atoms with Crippen LogP contribution in [-0.2, 0) is 11.5 Å². The van der Waals surface area contributed by atoms with Crippen LogP contribution in [0.5, 0.6) is 0 Å². The summed E-state index contributed by atoms with van der Waals surface area (Å²) in [4.78, 5) is 0. The Morgan fingerprint density at radius 1 is 1.33 bits per heavy atom. The van der Waals surface area contributed by atoms with Gasteiger partial charge in [-0.1, -0.05) is 12.1 Å². The molecule has 2 aromatic rings. The van der Waals surface area contributed by atoms with Crippen LogP contribution in [0.25, 0.3) is 5.69 Å². The Morgan fingerprint density at radius 2 is 2.27 bits per heavy atom. The lowest BCUT2D eigenvalue weighted by Crippen LogP contribution is -1.95. The SMILES string of the molecule is Cc1cccc(-n2cc3c(n2)CSC3)c1. The lowest BCUT2D eigenvalue weighted by Gasteiger charge is -2.02. The van der Waals surface area contributed by atoms with E-state index < -0.39 is 0 Å². The number of rotatable bonds is 1. The number of aromatic nitrogens is 2. The van der Waals surface area contributed by atoms with Crippen molar-refractivity contribution in [3.8, 4) is 5.69 Å². The van der Waals surface area contributed by atoms with Crippen molar-refractivity contribution in [3.05, 3.63) is 47.3 Å². The maximum atomic E-state index is 4.60. The summed E-state index contributed by atoms with van der Waals surface area (Å²) in [6.45, 7) is 2.11. The fourth-order valence-electron chi connectivity index (χ4n) is 1.85. The number of aryl methyl sites for hydroxylation is 1. The van der Waals surface area contributed by atoms with E-state index in [9.17, 15) is 0 Å². The molecule has 0 saturated carbocycles. The van der Waals surface area contributed by atoms with Crippen molar-refractivity contribution in [1.29, 1.82) is 0 Å². The van der Waals surface area contributed by atoms with E-state index in [1.54, 1.807) is 0 Å². The molecule has 0 unspecified atom stereocenters. The molecule has 0 bridgehead atoms. The average Bonchev–Trinajstić information content (AvgIpc) is 2.76. The van der Waals surface area contributed by atoms with Crippen LogP contribution >= 0.6 is 11.8 Å². The summed E-state index contributed by atoms with van der Waals surface area (Å²) in [6, 6.07) is 8.44. The fraction of sp³-hybridized carbons (Fsp3) is 0.250. The minimum atomic E-state index is 1.06. The summed E-state index contributed by atoms with van der Waals surface area (Å²) in [6.07, 6.45) is 2.16. The van der Waals surface area contributed by atoms with Crippen LogP contribution in [0.1, 0.15) is 16.8 Å². The number of fused-ring (bicyclic) bond motifs is 1. The van der Waals surface area contributed by atoms with Gasteiger partial charge in [-0.2, -0.15) is 16.9 Å². The summed E-state index contributed by atoms with van der Waals surface area (Å²) >= 11 is 1.94. The van der Waals surface area contributed by atoms with Crippen LogP contribution in [0.3, 0.4) is 0 Å². The van der Waals surface area contributed by atoms with Gasteiger partial charge in [0, 0.05) is 23.3 Å². The largest absolute Gasteiger partial charge is 0.240 e. The molecule has 76 valence electrons. The van der Waals surface area contributed by atoms with Crippen LogP contribution in [0, 0.1) is 6.92 Å². The molecule has 0 aliphatic carbocycles. The first kappa shape index (κ1) is 9.04. The third-order valence-electron chi connectivity index (χ3n) is 2.64. The third-order valence-corrected chi connectivity index (χ3v) is 3.63. The minimum Gasteiger partial charge on any atom is -0.240 e. The maximum Gasteiger partial charge on any atom is 0.0768 e. The van der Waals surface area contributed by atoms with Gasteiger partial charge in [-0.05, 0) is 24.6 Å². The number of hydrogen-bond donors (Lipinski definition) is 0. The molecule has 2 heterocycles. The predicted octanol–water partition coefficient (Wildman–Crippen LogP) is 2.93. The molecule has 1 aliphatic heterocycles. The summed E-state index contributed by atoms with van der Waals surface area (Å²) in [5.41, 5.74) is 5.08. The molecule has 2 nitrogen and oxygen atoms in total. The Labute approximate surface area is 93.3 Å². The van der Waals surface area contributed by atoms with Crippen molar-refractivity contribution in [3.63, 3.8) is 0 Å². The normalized spacial score (nSPS) is 14.2. The van der Waals surface area contributed by atoms with E-state index in [4.69, 9.17) is 0 Å². The van der Waals surface area contributed by atoms with Crippen molar-refractivity contribution >= 4 is 11.8 Å². The lowest BCUT2D eigenvalue weighted by molar-refractivity contribution is 0.858. The van der Waals surface area contributed by atoms with Crippen LogP contribution in [0.2, 0.25) is 0 Å². The molecule has 0 N–H and O–H groups in total. The highest BCUT2D eigenvalue weighted by Crippen LogP contribution is 2.29. The molecular formula is C12H12N2S. The van der Waals surface area contributed by atoms with Crippen LogP contribution < -0.4 is 0 Å². The first-order chi connectivity index (χ1) is 7.33. The molecule has 0 atom stereocenters. The molecule has 0 amide bonds. The zero-order chi connectivity index (χ0) is 10.3. The Kier molecular flexibility index (Phi) is 2.06.